The van der Waals surface area contributed by atoms with Crippen LogP contribution in [0.15, 0.2) is 35.7 Å². The maximum atomic E-state index is 12.7. The number of hydrogen-bond donors (Lipinski definition) is 4. The SMILES string of the molecule is N#Cc1sccc1NC(=O)c1ccc2ccc(N[C@@H]3CCCC[C@@H]3N)nn12.O=C(O)C(F)(F)F. The molecule has 0 unspecified atom stereocenters. The molecule has 0 aliphatic heterocycles. The number of nitrogens with one attached hydrogen (secondary N) is 2. The van der Waals surface area contributed by atoms with Gasteiger partial charge in [-0.15, -0.1) is 16.4 Å². The first-order valence-electron chi connectivity index (χ1n) is 10.2. The van der Waals surface area contributed by atoms with E-state index in [-0.39, 0.29) is 18.0 Å². The minimum atomic E-state index is -5.08. The second-order valence-corrected chi connectivity index (χ2v) is 8.42. The number of carbonyl (C=O) groups excluding carboxylic acids is 1. The van der Waals surface area contributed by atoms with Crippen molar-refractivity contribution in [3.63, 3.8) is 0 Å². The fourth-order valence-electron chi connectivity index (χ4n) is 3.45. The Morgan fingerprint density at radius 1 is 1.21 bits per heavy atom. The largest absolute Gasteiger partial charge is 0.490 e. The number of hydrogen-bond acceptors (Lipinski definition) is 7. The highest BCUT2D eigenvalue weighted by Crippen LogP contribution is 2.23. The van der Waals surface area contributed by atoms with Crippen molar-refractivity contribution >= 4 is 40.2 Å². The molecule has 4 rings (SSSR count). The number of alkyl halides is 3. The number of aliphatic carboxylic acids is 1. The number of halogens is 3. The highest BCUT2D eigenvalue weighted by Gasteiger charge is 2.38. The smallest absolute Gasteiger partial charge is 0.475 e. The summed E-state index contributed by atoms with van der Waals surface area (Å²) in [6, 6.07) is 11.5. The second kappa shape index (κ2) is 10.5. The summed E-state index contributed by atoms with van der Waals surface area (Å²) in [5, 5.41) is 28.8. The molecule has 0 saturated heterocycles. The Labute approximate surface area is 196 Å². The number of nitrogens with two attached hydrogens (primary N) is 1. The molecule has 2 atom stereocenters. The van der Waals surface area contributed by atoms with Crippen molar-refractivity contribution in [2.45, 2.75) is 43.9 Å². The second-order valence-electron chi connectivity index (χ2n) is 7.51. The lowest BCUT2D eigenvalue weighted by atomic mass is 9.91. The van der Waals surface area contributed by atoms with Crippen LogP contribution in [0.2, 0.25) is 0 Å². The zero-order valence-corrected chi connectivity index (χ0v) is 18.5. The monoisotopic (exact) mass is 494 g/mol. The van der Waals surface area contributed by atoms with Gasteiger partial charge in [-0.25, -0.2) is 9.31 Å². The van der Waals surface area contributed by atoms with E-state index in [2.05, 4.69) is 21.8 Å². The van der Waals surface area contributed by atoms with Gasteiger partial charge in [0.25, 0.3) is 5.91 Å². The number of nitrogens with zero attached hydrogens (tertiary/aromatic N) is 3. The quantitative estimate of drug-likeness (QED) is 0.431. The standard InChI is InChI=1S/C19H20N6OS.C2HF3O2/c20-11-17-15(9-10-27-17)23-19(26)16-7-5-12-6-8-18(24-25(12)16)22-14-4-2-1-3-13(14)21;3-2(4,5)1(6)7/h5-10,13-14H,1-4,21H2,(H,22,24)(H,23,26);(H,6,7)/t13-,14+;/m0./s1. The van der Waals surface area contributed by atoms with E-state index in [4.69, 9.17) is 20.9 Å². The predicted octanol–water partition coefficient (Wildman–Crippen LogP) is 3.83. The summed E-state index contributed by atoms with van der Waals surface area (Å²) in [5.74, 6) is -2.36. The summed E-state index contributed by atoms with van der Waals surface area (Å²) in [7, 11) is 0. The van der Waals surface area contributed by atoms with Crippen molar-refractivity contribution in [3.05, 3.63) is 46.3 Å². The van der Waals surface area contributed by atoms with Gasteiger partial charge in [0.1, 0.15) is 22.5 Å². The molecular weight excluding hydrogens is 473 g/mol. The Bertz CT molecular complexity index is 1220. The van der Waals surface area contributed by atoms with Crippen LogP contribution in [0.5, 0.6) is 0 Å². The molecule has 1 fully saturated rings. The highest BCUT2D eigenvalue weighted by molar-refractivity contribution is 7.11. The first-order valence-corrected chi connectivity index (χ1v) is 11.1. The lowest BCUT2D eigenvalue weighted by molar-refractivity contribution is -0.192. The van der Waals surface area contributed by atoms with E-state index < -0.39 is 12.1 Å². The Morgan fingerprint density at radius 3 is 2.53 bits per heavy atom. The summed E-state index contributed by atoms with van der Waals surface area (Å²) in [5.41, 5.74) is 7.97. The Hall–Kier alpha value is -3.63. The van der Waals surface area contributed by atoms with E-state index in [9.17, 15) is 18.0 Å². The molecule has 5 N–H and O–H groups in total. The maximum absolute atomic E-state index is 12.7. The average molecular weight is 494 g/mol. The summed E-state index contributed by atoms with van der Waals surface area (Å²) < 4.78 is 33.4. The van der Waals surface area contributed by atoms with Crippen LogP contribution in [0.3, 0.4) is 0 Å². The average Bonchev–Trinajstić information content (AvgIpc) is 3.41. The third kappa shape index (κ3) is 6.03. The number of thiophene rings is 1. The fourth-order valence-corrected chi connectivity index (χ4v) is 4.08. The third-order valence-corrected chi connectivity index (χ3v) is 5.97. The van der Waals surface area contributed by atoms with Crippen LogP contribution in [0, 0.1) is 11.3 Å². The number of anilines is 2. The molecule has 9 nitrogen and oxygen atoms in total. The topological polar surface area (TPSA) is 146 Å². The van der Waals surface area contributed by atoms with Crippen LogP contribution < -0.4 is 16.4 Å². The molecule has 1 amide bonds. The van der Waals surface area contributed by atoms with Crippen molar-refractivity contribution in [2.24, 2.45) is 5.73 Å². The van der Waals surface area contributed by atoms with Gasteiger partial charge in [0.2, 0.25) is 0 Å². The first kappa shape index (κ1) is 25.0. The number of amides is 1. The molecule has 0 aromatic carbocycles. The van der Waals surface area contributed by atoms with Crippen molar-refractivity contribution in [2.75, 3.05) is 10.6 Å². The van der Waals surface area contributed by atoms with Crippen LogP contribution in [0.4, 0.5) is 24.7 Å². The van der Waals surface area contributed by atoms with Crippen LogP contribution in [0.1, 0.15) is 41.0 Å². The van der Waals surface area contributed by atoms with Gasteiger partial charge in [0.15, 0.2) is 0 Å². The van der Waals surface area contributed by atoms with E-state index in [1.165, 1.54) is 17.8 Å². The summed E-state index contributed by atoms with van der Waals surface area (Å²) >= 11 is 1.29. The maximum Gasteiger partial charge on any atom is 0.490 e. The molecule has 3 aromatic rings. The van der Waals surface area contributed by atoms with Gasteiger partial charge in [-0.1, -0.05) is 12.8 Å². The minimum absolute atomic E-state index is 0.117. The fraction of sp³-hybridized carbons (Fsp3) is 0.333. The van der Waals surface area contributed by atoms with Gasteiger partial charge >= 0.3 is 12.1 Å². The Morgan fingerprint density at radius 2 is 1.88 bits per heavy atom. The lowest BCUT2D eigenvalue weighted by Gasteiger charge is -2.29. The molecule has 1 saturated carbocycles. The van der Waals surface area contributed by atoms with Crippen LogP contribution in [0.25, 0.3) is 5.52 Å². The third-order valence-electron chi connectivity index (χ3n) is 5.15. The number of carboxylic acid groups (broad SMARTS) is 1. The van der Waals surface area contributed by atoms with Gasteiger partial charge in [-0.3, -0.25) is 4.79 Å². The van der Waals surface area contributed by atoms with Crippen molar-refractivity contribution < 1.29 is 27.9 Å². The number of carbonyl (C=O) groups is 2. The highest BCUT2D eigenvalue weighted by atomic mass is 32.1. The predicted molar refractivity (Wildman–Crippen MR) is 120 cm³/mol. The molecule has 13 heteroatoms. The molecule has 1 aliphatic carbocycles. The van der Waals surface area contributed by atoms with Gasteiger partial charge in [0, 0.05) is 12.1 Å². The molecular formula is C21H21F3N6O3S. The number of carboxylic acids is 1. The van der Waals surface area contributed by atoms with Gasteiger partial charge in [-0.05, 0) is 48.6 Å². The summed E-state index contributed by atoms with van der Waals surface area (Å²) in [4.78, 5) is 22.1. The minimum Gasteiger partial charge on any atom is -0.475 e. The normalized spacial score (nSPS) is 17.9. The zero-order valence-electron chi connectivity index (χ0n) is 17.7. The molecule has 0 spiro atoms. The molecule has 3 heterocycles. The summed E-state index contributed by atoms with van der Waals surface area (Å²) in [6.07, 6.45) is -0.721. The van der Waals surface area contributed by atoms with E-state index >= 15 is 0 Å². The molecule has 3 aromatic heterocycles. The number of aromatic nitrogens is 2. The number of fused-ring (bicyclic) bond motifs is 1. The van der Waals surface area contributed by atoms with Gasteiger partial charge in [-0.2, -0.15) is 18.4 Å². The van der Waals surface area contributed by atoms with E-state index in [1.807, 2.05) is 18.2 Å². The molecule has 180 valence electrons. The number of nitriles is 1. The van der Waals surface area contributed by atoms with E-state index in [0.717, 1.165) is 24.8 Å². The first-order chi connectivity index (χ1) is 16.1. The van der Waals surface area contributed by atoms with Gasteiger partial charge < -0.3 is 21.5 Å². The van der Waals surface area contributed by atoms with Crippen LogP contribution in [-0.2, 0) is 4.79 Å². The molecule has 1 aliphatic rings. The van der Waals surface area contributed by atoms with E-state index in [0.29, 0.717) is 22.1 Å². The zero-order chi connectivity index (χ0) is 24.9. The molecule has 0 radical (unpaired) electrons. The summed E-state index contributed by atoms with van der Waals surface area (Å²) in [6.45, 7) is 0. The Kier molecular flexibility index (Phi) is 7.75. The van der Waals surface area contributed by atoms with Crippen LogP contribution >= 0.6 is 11.3 Å². The molecule has 34 heavy (non-hydrogen) atoms. The van der Waals surface area contributed by atoms with Gasteiger partial charge in [0.05, 0.1) is 11.2 Å². The number of rotatable bonds is 4. The molecule has 0 bridgehead atoms. The van der Waals surface area contributed by atoms with Crippen molar-refractivity contribution in [1.82, 2.24) is 9.61 Å². The Balaban J connectivity index is 0.000000406. The van der Waals surface area contributed by atoms with Crippen molar-refractivity contribution in [3.8, 4) is 6.07 Å². The van der Waals surface area contributed by atoms with Crippen molar-refractivity contribution in [1.29, 1.82) is 5.26 Å². The van der Waals surface area contributed by atoms with E-state index in [1.54, 1.807) is 22.0 Å². The van der Waals surface area contributed by atoms with Crippen LogP contribution in [-0.4, -0.2) is 44.9 Å². The lowest BCUT2D eigenvalue weighted by Crippen LogP contribution is -2.42.